The molecule has 1 heterocycles. The van der Waals surface area contributed by atoms with E-state index in [1.54, 1.807) is 11.6 Å². The molecule has 0 spiro atoms. The molecule has 0 fully saturated rings. The molecule has 0 saturated carbocycles. The lowest BCUT2D eigenvalue weighted by Gasteiger charge is -2.28. The summed E-state index contributed by atoms with van der Waals surface area (Å²) in [5, 5.41) is 9.61. The van der Waals surface area contributed by atoms with Crippen LogP contribution in [0.4, 0.5) is 4.79 Å². The van der Waals surface area contributed by atoms with Crippen LogP contribution in [0, 0.1) is 0 Å². The van der Waals surface area contributed by atoms with Gasteiger partial charge < -0.3 is 14.4 Å². The number of ether oxygens (including phenoxy) is 1. The van der Waals surface area contributed by atoms with Crippen LogP contribution in [0.15, 0.2) is 42.9 Å². The van der Waals surface area contributed by atoms with Crippen molar-refractivity contribution >= 4 is 12.1 Å². The molecule has 24 heavy (non-hydrogen) atoms. The maximum Gasteiger partial charge on any atom is 0.411 e. The Hall–Kier alpha value is -2.83. The van der Waals surface area contributed by atoms with Crippen molar-refractivity contribution in [3.63, 3.8) is 0 Å². The SMILES string of the molecule is CCCN(C(=O)OCc1ccccc1)C(C(=O)O)c1cncn1C. The van der Waals surface area contributed by atoms with Gasteiger partial charge in [0.2, 0.25) is 0 Å². The molecule has 1 atom stereocenters. The Labute approximate surface area is 140 Å². The van der Waals surface area contributed by atoms with Crippen molar-refractivity contribution in [2.24, 2.45) is 7.05 Å². The Balaban J connectivity index is 2.17. The molecule has 2 rings (SSSR count). The normalized spacial score (nSPS) is 11.8. The highest BCUT2D eigenvalue weighted by atomic mass is 16.6. The average Bonchev–Trinajstić information content (AvgIpc) is 2.98. The minimum absolute atomic E-state index is 0.0949. The number of hydrogen-bond acceptors (Lipinski definition) is 4. The second-order valence-electron chi connectivity index (χ2n) is 5.40. The van der Waals surface area contributed by atoms with E-state index in [0.717, 1.165) is 5.56 Å². The van der Waals surface area contributed by atoms with E-state index in [4.69, 9.17) is 4.74 Å². The third kappa shape index (κ3) is 4.13. The maximum atomic E-state index is 12.5. The number of nitrogens with zero attached hydrogens (tertiary/aromatic N) is 3. The van der Waals surface area contributed by atoms with Gasteiger partial charge >= 0.3 is 12.1 Å². The van der Waals surface area contributed by atoms with E-state index < -0.39 is 18.1 Å². The Kier molecular flexibility index (Phi) is 5.95. The highest BCUT2D eigenvalue weighted by Gasteiger charge is 2.33. The zero-order chi connectivity index (χ0) is 17.5. The molecular weight excluding hydrogens is 310 g/mol. The summed E-state index contributed by atoms with van der Waals surface area (Å²) in [6.45, 7) is 2.24. The number of imidazole rings is 1. The molecule has 1 amide bonds. The molecule has 1 aromatic carbocycles. The van der Waals surface area contributed by atoms with Gasteiger partial charge in [-0.2, -0.15) is 0 Å². The van der Waals surface area contributed by atoms with E-state index in [-0.39, 0.29) is 13.2 Å². The van der Waals surface area contributed by atoms with Gasteiger partial charge in [0, 0.05) is 13.6 Å². The lowest BCUT2D eigenvalue weighted by Crippen LogP contribution is -2.40. The maximum absolute atomic E-state index is 12.5. The van der Waals surface area contributed by atoms with Crippen LogP contribution in [0.1, 0.15) is 30.6 Å². The number of amides is 1. The predicted molar refractivity (Wildman–Crippen MR) is 87.2 cm³/mol. The van der Waals surface area contributed by atoms with Crippen LogP contribution in [0.5, 0.6) is 0 Å². The van der Waals surface area contributed by atoms with Crippen LogP contribution in [0.25, 0.3) is 0 Å². The van der Waals surface area contributed by atoms with Crippen molar-refractivity contribution in [2.75, 3.05) is 6.54 Å². The smallest absolute Gasteiger partial charge is 0.411 e. The zero-order valence-corrected chi connectivity index (χ0v) is 13.8. The van der Waals surface area contributed by atoms with Gasteiger partial charge in [0.05, 0.1) is 18.2 Å². The third-order valence-corrected chi connectivity index (χ3v) is 3.58. The van der Waals surface area contributed by atoms with Crippen LogP contribution in [0.3, 0.4) is 0 Å². The van der Waals surface area contributed by atoms with Crippen molar-refractivity contribution in [1.29, 1.82) is 0 Å². The third-order valence-electron chi connectivity index (χ3n) is 3.58. The van der Waals surface area contributed by atoms with E-state index in [1.165, 1.54) is 17.4 Å². The summed E-state index contributed by atoms with van der Waals surface area (Å²) >= 11 is 0. The van der Waals surface area contributed by atoms with Gasteiger partial charge in [-0.1, -0.05) is 37.3 Å². The van der Waals surface area contributed by atoms with Gasteiger partial charge in [0.15, 0.2) is 6.04 Å². The number of hydrogen-bond donors (Lipinski definition) is 1. The summed E-state index contributed by atoms with van der Waals surface area (Å²) in [7, 11) is 1.69. The van der Waals surface area contributed by atoms with E-state index >= 15 is 0 Å². The molecule has 1 N–H and O–H groups in total. The van der Waals surface area contributed by atoms with Crippen LogP contribution in [-0.4, -0.2) is 38.2 Å². The first-order valence-corrected chi connectivity index (χ1v) is 7.71. The second-order valence-corrected chi connectivity index (χ2v) is 5.40. The molecule has 2 aromatic rings. The number of carbonyl (C=O) groups excluding carboxylic acids is 1. The van der Waals surface area contributed by atoms with Crippen LogP contribution < -0.4 is 0 Å². The molecule has 1 aromatic heterocycles. The van der Waals surface area contributed by atoms with Crippen molar-refractivity contribution < 1.29 is 19.4 Å². The number of benzene rings is 1. The van der Waals surface area contributed by atoms with Crippen molar-refractivity contribution in [1.82, 2.24) is 14.5 Å². The molecule has 0 aliphatic carbocycles. The topological polar surface area (TPSA) is 84.7 Å². The summed E-state index contributed by atoms with van der Waals surface area (Å²) in [6, 6.07) is 8.12. The summed E-state index contributed by atoms with van der Waals surface area (Å²) in [6.07, 6.45) is 2.91. The van der Waals surface area contributed by atoms with E-state index in [1.807, 2.05) is 37.3 Å². The highest BCUT2D eigenvalue weighted by Crippen LogP contribution is 2.22. The molecule has 7 nitrogen and oxygen atoms in total. The minimum Gasteiger partial charge on any atom is -0.479 e. The summed E-state index contributed by atoms with van der Waals surface area (Å²) < 4.78 is 6.90. The number of carbonyl (C=O) groups is 2. The second kappa shape index (κ2) is 8.14. The largest absolute Gasteiger partial charge is 0.479 e. The standard InChI is InChI=1S/C17H21N3O4/c1-3-9-20(15(16(21)22)14-10-18-12-19(14)2)17(23)24-11-13-7-5-4-6-8-13/h4-8,10,12,15H,3,9,11H2,1-2H3,(H,21,22). The summed E-state index contributed by atoms with van der Waals surface area (Å²) in [5.41, 5.74) is 1.27. The van der Waals surface area contributed by atoms with Gasteiger partial charge in [-0.25, -0.2) is 14.6 Å². The van der Waals surface area contributed by atoms with E-state index in [2.05, 4.69) is 4.98 Å². The quantitative estimate of drug-likeness (QED) is 0.843. The zero-order valence-electron chi connectivity index (χ0n) is 13.8. The number of carboxylic acids is 1. The number of aliphatic carboxylic acids is 1. The monoisotopic (exact) mass is 331 g/mol. The van der Waals surface area contributed by atoms with Crippen LogP contribution >= 0.6 is 0 Å². The van der Waals surface area contributed by atoms with Gasteiger partial charge in [-0.15, -0.1) is 0 Å². The molecule has 128 valence electrons. The van der Waals surface area contributed by atoms with Crippen molar-refractivity contribution in [3.8, 4) is 0 Å². The first kappa shape index (κ1) is 17.5. The fourth-order valence-corrected chi connectivity index (χ4v) is 2.42. The van der Waals surface area contributed by atoms with Crippen LogP contribution in [-0.2, 0) is 23.2 Å². The first-order valence-electron chi connectivity index (χ1n) is 7.71. The average molecular weight is 331 g/mol. The van der Waals surface area contributed by atoms with E-state index in [0.29, 0.717) is 12.1 Å². The van der Waals surface area contributed by atoms with Gasteiger partial charge in [0.25, 0.3) is 0 Å². The van der Waals surface area contributed by atoms with Gasteiger partial charge in [0.1, 0.15) is 6.61 Å². The van der Waals surface area contributed by atoms with E-state index in [9.17, 15) is 14.7 Å². The molecular formula is C17H21N3O4. The lowest BCUT2D eigenvalue weighted by molar-refractivity contribution is -0.143. The van der Waals surface area contributed by atoms with Crippen molar-refractivity contribution in [2.45, 2.75) is 26.0 Å². The first-order chi connectivity index (χ1) is 11.5. The minimum atomic E-state index is -1.14. The Morgan fingerprint density at radius 1 is 1.33 bits per heavy atom. The number of rotatable bonds is 7. The molecule has 0 bridgehead atoms. The molecule has 0 radical (unpaired) electrons. The number of aryl methyl sites for hydroxylation is 1. The fraction of sp³-hybridized carbons (Fsp3) is 0.353. The van der Waals surface area contributed by atoms with Gasteiger partial charge in [-0.05, 0) is 12.0 Å². The number of aromatic nitrogens is 2. The Morgan fingerprint density at radius 2 is 2.04 bits per heavy atom. The van der Waals surface area contributed by atoms with Crippen molar-refractivity contribution in [3.05, 3.63) is 54.1 Å². The number of carboxylic acid groups (broad SMARTS) is 1. The molecule has 0 aliphatic heterocycles. The summed E-state index contributed by atoms with van der Waals surface area (Å²) in [4.78, 5) is 29.4. The lowest BCUT2D eigenvalue weighted by atomic mass is 10.2. The fourth-order valence-electron chi connectivity index (χ4n) is 2.42. The molecule has 1 unspecified atom stereocenters. The predicted octanol–water partition coefficient (Wildman–Crippen LogP) is 2.59. The Morgan fingerprint density at radius 3 is 2.58 bits per heavy atom. The highest BCUT2D eigenvalue weighted by molar-refractivity contribution is 5.81. The Bertz CT molecular complexity index is 684. The summed E-state index contributed by atoms with van der Waals surface area (Å²) in [5.74, 6) is -1.12. The van der Waals surface area contributed by atoms with Gasteiger partial charge in [-0.3, -0.25) is 4.90 Å². The molecule has 7 heteroatoms. The van der Waals surface area contributed by atoms with Crippen LogP contribution in [0.2, 0.25) is 0 Å². The molecule has 0 saturated heterocycles. The molecule has 0 aliphatic rings.